The Bertz CT molecular complexity index is 1050. The molecule has 0 unspecified atom stereocenters. The molecule has 30 heavy (non-hydrogen) atoms. The molecule has 0 heterocycles. The molecule has 0 saturated carbocycles. The zero-order valence-electron chi connectivity index (χ0n) is 16.3. The van der Waals surface area contributed by atoms with Crippen LogP contribution in [0.4, 0.5) is 10.1 Å². The highest BCUT2D eigenvalue weighted by Crippen LogP contribution is 2.25. The number of anilines is 1. The Morgan fingerprint density at radius 2 is 1.60 bits per heavy atom. The minimum Gasteiger partial charge on any atom is -0.496 e. The molecule has 0 bridgehead atoms. The molecule has 0 aliphatic carbocycles. The fourth-order valence-electron chi connectivity index (χ4n) is 2.76. The van der Waals surface area contributed by atoms with Crippen molar-refractivity contribution in [2.24, 2.45) is 0 Å². The summed E-state index contributed by atoms with van der Waals surface area (Å²) in [4.78, 5) is 24.9. The van der Waals surface area contributed by atoms with Crippen LogP contribution in [0.2, 0.25) is 0 Å². The topological polar surface area (TPSA) is 64.6 Å². The van der Waals surface area contributed by atoms with Gasteiger partial charge in [0.2, 0.25) is 0 Å². The van der Waals surface area contributed by atoms with Gasteiger partial charge in [0.1, 0.15) is 11.6 Å². The second kappa shape index (κ2) is 10.0. The fourth-order valence-corrected chi connectivity index (χ4v) is 2.76. The van der Waals surface area contributed by atoms with Crippen molar-refractivity contribution in [2.75, 3.05) is 19.0 Å². The molecular formula is C24H20FNO4. The predicted molar refractivity (Wildman–Crippen MR) is 113 cm³/mol. The van der Waals surface area contributed by atoms with E-state index in [1.54, 1.807) is 43.5 Å². The summed E-state index contributed by atoms with van der Waals surface area (Å²) < 4.78 is 23.5. The van der Waals surface area contributed by atoms with Gasteiger partial charge in [-0.3, -0.25) is 4.79 Å². The molecule has 6 heteroatoms. The highest BCUT2D eigenvalue weighted by molar-refractivity contribution is 6.22. The molecule has 3 aromatic rings. The lowest BCUT2D eigenvalue weighted by Gasteiger charge is -2.11. The van der Waals surface area contributed by atoms with Crippen molar-refractivity contribution in [1.29, 1.82) is 0 Å². The molecule has 0 radical (unpaired) electrons. The van der Waals surface area contributed by atoms with E-state index in [2.05, 4.69) is 5.32 Å². The number of hydrogen-bond acceptors (Lipinski definition) is 4. The second-order valence-corrected chi connectivity index (χ2v) is 6.30. The fraction of sp³-hybridized carbons (Fsp3) is 0.0833. The van der Waals surface area contributed by atoms with Crippen molar-refractivity contribution < 1.29 is 23.5 Å². The van der Waals surface area contributed by atoms with E-state index in [4.69, 9.17) is 9.47 Å². The van der Waals surface area contributed by atoms with Gasteiger partial charge < -0.3 is 14.8 Å². The average molecular weight is 405 g/mol. The molecule has 0 spiro atoms. The third-order valence-electron chi connectivity index (χ3n) is 4.21. The third-order valence-corrected chi connectivity index (χ3v) is 4.21. The number of ether oxygens (including phenoxy) is 2. The quantitative estimate of drug-likeness (QED) is 0.356. The zero-order valence-corrected chi connectivity index (χ0v) is 16.3. The van der Waals surface area contributed by atoms with Gasteiger partial charge in [-0.1, -0.05) is 48.5 Å². The third kappa shape index (κ3) is 5.54. The van der Waals surface area contributed by atoms with Crippen LogP contribution >= 0.6 is 0 Å². The summed E-state index contributed by atoms with van der Waals surface area (Å²) in [7, 11) is 1.55. The largest absolute Gasteiger partial charge is 0.496 e. The first-order valence-corrected chi connectivity index (χ1v) is 9.19. The summed E-state index contributed by atoms with van der Waals surface area (Å²) in [5, 5.41) is 2.55. The lowest BCUT2D eigenvalue weighted by molar-refractivity contribution is -0.141. The number of rotatable bonds is 7. The van der Waals surface area contributed by atoms with Gasteiger partial charge in [0.05, 0.1) is 12.7 Å². The van der Waals surface area contributed by atoms with Crippen molar-refractivity contribution >= 4 is 29.2 Å². The predicted octanol–water partition coefficient (Wildman–Crippen LogP) is 4.56. The lowest BCUT2D eigenvalue weighted by atomic mass is 10.0. The van der Waals surface area contributed by atoms with Gasteiger partial charge in [-0.25, -0.2) is 9.18 Å². The molecule has 0 fully saturated rings. The highest BCUT2D eigenvalue weighted by atomic mass is 19.1. The summed E-state index contributed by atoms with van der Waals surface area (Å²) in [6.45, 7) is -0.480. The Morgan fingerprint density at radius 3 is 2.30 bits per heavy atom. The van der Waals surface area contributed by atoms with Gasteiger partial charge >= 0.3 is 5.97 Å². The van der Waals surface area contributed by atoms with Crippen molar-refractivity contribution in [1.82, 2.24) is 0 Å². The Balaban J connectivity index is 1.76. The number of carbonyl (C=O) groups excluding carboxylic acids is 2. The Kier molecular flexibility index (Phi) is 6.95. The Hall–Kier alpha value is -3.93. The number of esters is 1. The zero-order chi connectivity index (χ0) is 21.3. The number of para-hydroxylation sites is 1. The first kappa shape index (κ1) is 20.8. The van der Waals surface area contributed by atoms with Gasteiger partial charge in [-0.2, -0.15) is 0 Å². The number of methoxy groups -OCH3 is 1. The van der Waals surface area contributed by atoms with E-state index in [0.29, 0.717) is 22.6 Å². The van der Waals surface area contributed by atoms with Gasteiger partial charge in [-0.15, -0.1) is 0 Å². The van der Waals surface area contributed by atoms with E-state index in [0.717, 1.165) is 0 Å². The normalized spacial score (nSPS) is 10.9. The molecule has 0 aliphatic heterocycles. The first-order chi connectivity index (χ1) is 14.6. The summed E-state index contributed by atoms with van der Waals surface area (Å²) >= 11 is 0. The van der Waals surface area contributed by atoms with Crippen molar-refractivity contribution in [3.05, 3.63) is 95.8 Å². The summed E-state index contributed by atoms with van der Waals surface area (Å²) in [6, 6.07) is 21.6. The van der Waals surface area contributed by atoms with Crippen molar-refractivity contribution in [3.8, 4) is 5.75 Å². The number of halogens is 1. The van der Waals surface area contributed by atoms with Crippen LogP contribution in [0.25, 0.3) is 11.6 Å². The molecule has 0 aliphatic rings. The Labute approximate surface area is 173 Å². The van der Waals surface area contributed by atoms with Crippen molar-refractivity contribution in [2.45, 2.75) is 0 Å². The van der Waals surface area contributed by atoms with E-state index in [1.807, 2.05) is 24.3 Å². The van der Waals surface area contributed by atoms with Crippen LogP contribution < -0.4 is 10.1 Å². The molecule has 3 rings (SSSR count). The second-order valence-electron chi connectivity index (χ2n) is 6.30. The van der Waals surface area contributed by atoms with Gasteiger partial charge in [0, 0.05) is 11.3 Å². The maximum Gasteiger partial charge on any atom is 0.339 e. The molecule has 1 N–H and O–H groups in total. The number of carbonyl (C=O) groups is 2. The summed E-state index contributed by atoms with van der Waals surface area (Å²) in [6.07, 6.45) is 1.66. The monoisotopic (exact) mass is 405 g/mol. The van der Waals surface area contributed by atoms with Crippen LogP contribution in [0, 0.1) is 5.82 Å². The van der Waals surface area contributed by atoms with E-state index in [1.165, 1.54) is 24.3 Å². The maximum absolute atomic E-state index is 13.0. The van der Waals surface area contributed by atoms with Crippen LogP contribution in [-0.2, 0) is 14.3 Å². The van der Waals surface area contributed by atoms with Crippen LogP contribution in [0.5, 0.6) is 5.75 Å². The van der Waals surface area contributed by atoms with Gasteiger partial charge in [-0.05, 0) is 42.0 Å². The number of benzene rings is 3. The summed E-state index contributed by atoms with van der Waals surface area (Å²) in [5.41, 5.74) is 2.04. The summed E-state index contributed by atoms with van der Waals surface area (Å²) in [5.74, 6) is -0.984. The molecule has 1 amide bonds. The van der Waals surface area contributed by atoms with Crippen LogP contribution in [0.1, 0.15) is 11.1 Å². The molecular weight excluding hydrogens is 385 g/mol. The van der Waals surface area contributed by atoms with E-state index in [9.17, 15) is 14.0 Å². The smallest absolute Gasteiger partial charge is 0.339 e. The molecule has 0 aromatic heterocycles. The number of nitrogens with one attached hydrogen (secondary N) is 1. The molecule has 0 saturated heterocycles. The molecule has 5 nitrogen and oxygen atoms in total. The van der Waals surface area contributed by atoms with Crippen LogP contribution in [0.15, 0.2) is 78.9 Å². The number of hydrogen-bond donors (Lipinski definition) is 1. The van der Waals surface area contributed by atoms with E-state index in [-0.39, 0.29) is 5.57 Å². The SMILES string of the molecule is COc1ccccc1/C=C(/C(=O)OCC(=O)Nc1ccc(F)cc1)c1ccccc1. The lowest BCUT2D eigenvalue weighted by Crippen LogP contribution is -2.21. The van der Waals surface area contributed by atoms with E-state index < -0.39 is 24.3 Å². The maximum atomic E-state index is 13.0. The minimum atomic E-state index is -0.652. The Morgan fingerprint density at radius 1 is 0.933 bits per heavy atom. The van der Waals surface area contributed by atoms with Gasteiger partial charge in [0.25, 0.3) is 5.91 Å². The highest BCUT2D eigenvalue weighted by Gasteiger charge is 2.16. The molecule has 3 aromatic carbocycles. The molecule has 152 valence electrons. The minimum absolute atomic E-state index is 0.287. The van der Waals surface area contributed by atoms with Gasteiger partial charge in [0.15, 0.2) is 6.61 Å². The van der Waals surface area contributed by atoms with Crippen LogP contribution in [-0.4, -0.2) is 25.6 Å². The van der Waals surface area contributed by atoms with Crippen molar-refractivity contribution in [3.63, 3.8) is 0 Å². The van der Waals surface area contributed by atoms with E-state index >= 15 is 0 Å². The standard InChI is InChI=1S/C24H20FNO4/c1-29-22-10-6-5-9-18(22)15-21(17-7-3-2-4-8-17)24(28)30-16-23(27)26-20-13-11-19(25)12-14-20/h2-15H,16H2,1H3,(H,26,27)/b21-15+. The molecule has 0 atom stereocenters. The number of amides is 1. The van der Waals surface area contributed by atoms with Crippen LogP contribution in [0.3, 0.4) is 0 Å². The average Bonchev–Trinajstić information content (AvgIpc) is 2.78. The first-order valence-electron chi connectivity index (χ1n) is 9.19.